The van der Waals surface area contributed by atoms with Crippen LogP contribution in [0.2, 0.25) is 5.02 Å². The van der Waals surface area contributed by atoms with Crippen molar-refractivity contribution in [3.63, 3.8) is 0 Å². The van der Waals surface area contributed by atoms with Crippen LogP contribution in [-0.2, 0) is 11.4 Å². The number of nitrogens with one attached hydrogen (secondary N) is 1. The molecule has 5 rings (SSSR count). The standard InChI is InChI=1S/C28H21ClN2O2S/c1-18-10-13-21(14-11-18)30-28-31-27(32)26(34-28)16-23-22-8-4-2-6-19(22)12-15-25(23)33-17-20-7-3-5-9-24(20)29/h2-16H,17H2,1H3,(H,30,31,32). The predicted octanol–water partition coefficient (Wildman–Crippen LogP) is 7.27. The lowest BCUT2D eigenvalue weighted by atomic mass is 10.0. The van der Waals surface area contributed by atoms with E-state index in [4.69, 9.17) is 16.3 Å². The van der Waals surface area contributed by atoms with Gasteiger partial charge in [-0.2, -0.15) is 0 Å². The minimum absolute atomic E-state index is 0.180. The van der Waals surface area contributed by atoms with E-state index in [9.17, 15) is 4.79 Å². The topological polar surface area (TPSA) is 50.7 Å². The van der Waals surface area contributed by atoms with Crippen LogP contribution in [0.1, 0.15) is 16.7 Å². The van der Waals surface area contributed by atoms with Gasteiger partial charge in [-0.1, -0.05) is 77.8 Å². The number of rotatable bonds is 5. The molecule has 0 atom stereocenters. The van der Waals surface area contributed by atoms with Gasteiger partial charge in [0.15, 0.2) is 5.17 Å². The first kappa shape index (κ1) is 22.3. The number of amidine groups is 1. The van der Waals surface area contributed by atoms with Crippen LogP contribution in [0.15, 0.2) is 94.8 Å². The van der Waals surface area contributed by atoms with Crippen LogP contribution in [-0.4, -0.2) is 11.1 Å². The molecule has 4 nitrogen and oxygen atoms in total. The third kappa shape index (κ3) is 4.86. The number of aryl methyl sites for hydroxylation is 1. The van der Waals surface area contributed by atoms with Gasteiger partial charge in [-0.05, 0) is 59.8 Å². The number of nitrogens with zero attached hydrogens (tertiary/aromatic N) is 1. The average molecular weight is 485 g/mol. The predicted molar refractivity (Wildman–Crippen MR) is 142 cm³/mol. The summed E-state index contributed by atoms with van der Waals surface area (Å²) in [7, 11) is 0. The minimum Gasteiger partial charge on any atom is -0.488 e. The molecule has 1 N–H and O–H groups in total. The van der Waals surface area contributed by atoms with Gasteiger partial charge in [-0.15, -0.1) is 0 Å². The lowest BCUT2D eigenvalue weighted by molar-refractivity contribution is -0.115. The number of carbonyl (C=O) groups excluding carboxylic acids is 1. The van der Waals surface area contributed by atoms with Crippen LogP contribution in [0.4, 0.5) is 5.69 Å². The van der Waals surface area contributed by atoms with Crippen LogP contribution in [0.5, 0.6) is 5.75 Å². The monoisotopic (exact) mass is 484 g/mol. The first-order valence-corrected chi connectivity index (χ1v) is 12.0. The summed E-state index contributed by atoms with van der Waals surface area (Å²) in [6.45, 7) is 2.35. The second-order valence-electron chi connectivity index (χ2n) is 7.90. The largest absolute Gasteiger partial charge is 0.488 e. The molecule has 1 heterocycles. The third-order valence-electron chi connectivity index (χ3n) is 5.46. The van der Waals surface area contributed by atoms with E-state index in [1.807, 2.05) is 97.9 Å². The molecule has 1 aliphatic rings. The van der Waals surface area contributed by atoms with Crippen LogP contribution in [0.25, 0.3) is 16.8 Å². The van der Waals surface area contributed by atoms with Crippen molar-refractivity contribution >= 4 is 57.0 Å². The summed E-state index contributed by atoms with van der Waals surface area (Å²) < 4.78 is 6.19. The fourth-order valence-corrected chi connectivity index (χ4v) is 4.68. The van der Waals surface area contributed by atoms with Gasteiger partial charge >= 0.3 is 0 Å². The van der Waals surface area contributed by atoms with E-state index in [-0.39, 0.29) is 5.91 Å². The Morgan fingerprint density at radius 2 is 1.74 bits per heavy atom. The Morgan fingerprint density at radius 3 is 2.56 bits per heavy atom. The zero-order chi connectivity index (χ0) is 23.5. The van der Waals surface area contributed by atoms with Gasteiger partial charge in [-0.25, -0.2) is 4.99 Å². The summed E-state index contributed by atoms with van der Waals surface area (Å²) in [5.74, 6) is 0.504. The molecule has 0 bridgehead atoms. The molecule has 1 aliphatic heterocycles. The molecule has 4 aromatic carbocycles. The van der Waals surface area contributed by atoms with Gasteiger partial charge in [0.25, 0.3) is 5.91 Å². The van der Waals surface area contributed by atoms with Crippen molar-refractivity contribution in [1.29, 1.82) is 0 Å². The molecule has 0 aromatic heterocycles. The summed E-state index contributed by atoms with van der Waals surface area (Å²) in [4.78, 5) is 17.9. The van der Waals surface area contributed by atoms with Crippen molar-refractivity contribution in [2.75, 3.05) is 0 Å². The first-order valence-electron chi connectivity index (χ1n) is 10.8. The molecule has 1 amide bonds. The normalized spacial score (nSPS) is 15.8. The van der Waals surface area contributed by atoms with Crippen molar-refractivity contribution in [2.45, 2.75) is 13.5 Å². The van der Waals surface area contributed by atoms with Crippen LogP contribution in [0, 0.1) is 6.92 Å². The summed E-state index contributed by atoms with van der Waals surface area (Å²) in [5, 5.41) is 6.15. The second-order valence-corrected chi connectivity index (χ2v) is 9.33. The fourth-order valence-electron chi connectivity index (χ4n) is 3.67. The number of halogens is 1. The molecule has 0 radical (unpaired) electrons. The lowest BCUT2D eigenvalue weighted by Gasteiger charge is -2.13. The van der Waals surface area contributed by atoms with Crippen molar-refractivity contribution in [1.82, 2.24) is 5.32 Å². The van der Waals surface area contributed by atoms with E-state index >= 15 is 0 Å². The molecule has 34 heavy (non-hydrogen) atoms. The Labute approximate surface area is 207 Å². The highest BCUT2D eigenvalue weighted by atomic mass is 35.5. The molecule has 0 saturated carbocycles. The van der Waals surface area contributed by atoms with E-state index in [0.29, 0.717) is 27.5 Å². The van der Waals surface area contributed by atoms with Gasteiger partial charge in [0.05, 0.1) is 10.6 Å². The minimum atomic E-state index is -0.180. The summed E-state index contributed by atoms with van der Waals surface area (Å²) >= 11 is 7.63. The van der Waals surface area contributed by atoms with Crippen molar-refractivity contribution in [3.05, 3.63) is 112 Å². The molecule has 0 unspecified atom stereocenters. The summed E-state index contributed by atoms with van der Waals surface area (Å²) in [6.07, 6.45) is 1.88. The van der Waals surface area contributed by atoms with Crippen LogP contribution in [0.3, 0.4) is 0 Å². The van der Waals surface area contributed by atoms with E-state index in [0.717, 1.165) is 33.2 Å². The van der Waals surface area contributed by atoms with Gasteiger partial charge < -0.3 is 10.1 Å². The molecule has 6 heteroatoms. The van der Waals surface area contributed by atoms with Crippen molar-refractivity contribution in [2.24, 2.45) is 4.99 Å². The number of hydrogen-bond donors (Lipinski definition) is 1. The smallest absolute Gasteiger partial charge is 0.264 e. The zero-order valence-corrected chi connectivity index (χ0v) is 20.0. The highest BCUT2D eigenvalue weighted by Gasteiger charge is 2.25. The number of fused-ring (bicyclic) bond motifs is 1. The third-order valence-corrected chi connectivity index (χ3v) is 6.74. The molecule has 1 fully saturated rings. The summed E-state index contributed by atoms with van der Waals surface area (Å²) in [5.41, 5.74) is 3.70. The molecule has 0 aliphatic carbocycles. The second kappa shape index (κ2) is 9.75. The van der Waals surface area contributed by atoms with Gasteiger partial charge in [0, 0.05) is 16.1 Å². The van der Waals surface area contributed by atoms with E-state index in [2.05, 4.69) is 10.3 Å². The maximum atomic E-state index is 12.8. The SMILES string of the molecule is Cc1ccc(N=C2NC(=O)C(=Cc3c(OCc4ccccc4Cl)ccc4ccccc34)S2)cc1. The maximum Gasteiger partial charge on any atom is 0.264 e. The Hall–Kier alpha value is -3.54. The van der Waals surface area contributed by atoms with E-state index < -0.39 is 0 Å². The van der Waals surface area contributed by atoms with Crippen molar-refractivity contribution < 1.29 is 9.53 Å². The number of aliphatic imine (C=N–C) groups is 1. The highest BCUT2D eigenvalue weighted by molar-refractivity contribution is 8.18. The molecule has 4 aromatic rings. The highest BCUT2D eigenvalue weighted by Crippen LogP contribution is 2.35. The quantitative estimate of drug-likeness (QED) is 0.303. The Balaban J connectivity index is 1.49. The average Bonchev–Trinajstić information content (AvgIpc) is 3.19. The summed E-state index contributed by atoms with van der Waals surface area (Å²) in [6, 6.07) is 27.5. The van der Waals surface area contributed by atoms with Gasteiger partial charge in [0.2, 0.25) is 0 Å². The molecule has 1 saturated heterocycles. The number of thioether (sulfide) groups is 1. The molecule has 0 spiro atoms. The maximum absolute atomic E-state index is 12.8. The molecular weight excluding hydrogens is 464 g/mol. The molecular formula is C28H21ClN2O2S. The lowest BCUT2D eigenvalue weighted by Crippen LogP contribution is -2.19. The fraction of sp³-hybridized carbons (Fsp3) is 0.0714. The number of carbonyl (C=O) groups is 1. The Morgan fingerprint density at radius 1 is 0.971 bits per heavy atom. The number of amides is 1. The zero-order valence-electron chi connectivity index (χ0n) is 18.4. The van der Waals surface area contributed by atoms with Gasteiger partial charge in [-0.3, -0.25) is 4.79 Å². The number of ether oxygens (including phenoxy) is 1. The van der Waals surface area contributed by atoms with Gasteiger partial charge in [0.1, 0.15) is 12.4 Å². The Bertz CT molecular complexity index is 1440. The van der Waals surface area contributed by atoms with E-state index in [1.54, 1.807) is 0 Å². The first-order chi connectivity index (χ1) is 16.6. The Kier molecular flexibility index (Phi) is 6.39. The number of benzene rings is 4. The van der Waals surface area contributed by atoms with Crippen molar-refractivity contribution in [3.8, 4) is 5.75 Å². The van der Waals surface area contributed by atoms with Crippen LogP contribution < -0.4 is 10.1 Å². The van der Waals surface area contributed by atoms with E-state index in [1.165, 1.54) is 11.8 Å². The van der Waals surface area contributed by atoms with Crippen LogP contribution >= 0.6 is 23.4 Å². The molecule has 168 valence electrons. The number of hydrogen-bond acceptors (Lipinski definition) is 4.